The average molecular weight is 296 g/mol. The van der Waals surface area contributed by atoms with Gasteiger partial charge in [-0.15, -0.1) is 0 Å². The fourth-order valence-electron chi connectivity index (χ4n) is 1.99. The van der Waals surface area contributed by atoms with Crippen molar-refractivity contribution < 1.29 is 13.5 Å². The summed E-state index contributed by atoms with van der Waals surface area (Å²) in [5.41, 5.74) is -0.691. The summed E-state index contributed by atoms with van der Waals surface area (Å²) < 4.78 is 26.5. The molecule has 1 rings (SSSR count). The second-order valence-electron chi connectivity index (χ2n) is 5.56. The van der Waals surface area contributed by atoms with Crippen molar-refractivity contribution in [2.75, 3.05) is 6.54 Å². The summed E-state index contributed by atoms with van der Waals surface area (Å²) in [5, 5.41) is 18.8. The molecule has 0 radical (unpaired) electrons. The molecule has 0 amide bonds. The number of nitriles is 1. The summed E-state index contributed by atoms with van der Waals surface area (Å²) in [6, 6.07) is 7.56. The Balaban J connectivity index is 2.77. The molecule has 1 unspecified atom stereocenters. The fraction of sp³-hybridized carbons (Fsp3) is 0.500. The molecule has 0 saturated carbocycles. The minimum absolute atomic E-state index is 0.0481. The highest BCUT2D eigenvalue weighted by molar-refractivity contribution is 7.89. The molecule has 0 aromatic heterocycles. The van der Waals surface area contributed by atoms with Crippen LogP contribution in [-0.4, -0.2) is 25.7 Å². The van der Waals surface area contributed by atoms with Gasteiger partial charge in [0.05, 0.1) is 22.1 Å². The first-order valence-corrected chi connectivity index (χ1v) is 7.87. The van der Waals surface area contributed by atoms with Crippen LogP contribution in [0.15, 0.2) is 29.2 Å². The van der Waals surface area contributed by atoms with E-state index in [2.05, 4.69) is 4.72 Å². The predicted octanol–water partition coefficient (Wildman–Crippen LogP) is 1.63. The van der Waals surface area contributed by atoms with E-state index >= 15 is 0 Å². The highest BCUT2D eigenvalue weighted by atomic mass is 32.2. The van der Waals surface area contributed by atoms with Gasteiger partial charge in [0.25, 0.3) is 0 Å². The predicted molar refractivity (Wildman–Crippen MR) is 76.4 cm³/mol. The molecule has 0 saturated heterocycles. The zero-order chi connectivity index (χ0) is 15.4. The Morgan fingerprint density at radius 2 is 1.90 bits per heavy atom. The van der Waals surface area contributed by atoms with E-state index in [1.807, 2.05) is 19.9 Å². The number of benzene rings is 1. The Morgan fingerprint density at radius 3 is 2.35 bits per heavy atom. The molecule has 0 fully saturated rings. The molecule has 110 valence electrons. The van der Waals surface area contributed by atoms with Crippen molar-refractivity contribution in [1.82, 2.24) is 4.72 Å². The quantitative estimate of drug-likeness (QED) is 0.835. The summed E-state index contributed by atoms with van der Waals surface area (Å²) in [7, 11) is -3.67. The Labute approximate surface area is 120 Å². The van der Waals surface area contributed by atoms with Gasteiger partial charge in [0.2, 0.25) is 10.0 Å². The Bertz CT molecular complexity index is 584. The maximum Gasteiger partial charge on any atom is 0.240 e. The number of aliphatic hydroxyl groups is 1. The first kappa shape index (κ1) is 16.6. The summed E-state index contributed by atoms with van der Waals surface area (Å²) in [6.07, 6.45) is 0.503. The van der Waals surface area contributed by atoms with E-state index in [0.29, 0.717) is 12.0 Å². The normalized spacial score (nSPS) is 14.8. The number of hydrogen-bond donors (Lipinski definition) is 2. The molecule has 20 heavy (non-hydrogen) atoms. The van der Waals surface area contributed by atoms with Crippen LogP contribution in [0, 0.1) is 17.2 Å². The lowest BCUT2D eigenvalue weighted by Gasteiger charge is -2.25. The summed E-state index contributed by atoms with van der Waals surface area (Å²) in [4.78, 5) is 0.0804. The first-order chi connectivity index (χ1) is 9.16. The largest absolute Gasteiger partial charge is 0.389 e. The smallest absolute Gasteiger partial charge is 0.240 e. The van der Waals surface area contributed by atoms with E-state index in [9.17, 15) is 13.5 Å². The van der Waals surface area contributed by atoms with E-state index in [1.54, 1.807) is 6.92 Å². The van der Waals surface area contributed by atoms with Crippen molar-refractivity contribution in [2.45, 2.75) is 37.7 Å². The number of rotatable bonds is 6. The number of nitrogens with one attached hydrogen (secondary N) is 1. The second kappa shape index (κ2) is 6.35. The third-order valence-electron chi connectivity index (χ3n) is 2.78. The summed E-state index contributed by atoms with van der Waals surface area (Å²) in [5.74, 6) is 0.268. The van der Waals surface area contributed by atoms with Crippen molar-refractivity contribution in [3.8, 4) is 6.07 Å². The average Bonchev–Trinajstić information content (AvgIpc) is 2.35. The molecule has 0 aliphatic heterocycles. The minimum Gasteiger partial charge on any atom is -0.389 e. The number of sulfonamides is 1. The molecular weight excluding hydrogens is 276 g/mol. The van der Waals surface area contributed by atoms with Gasteiger partial charge in [0.15, 0.2) is 0 Å². The van der Waals surface area contributed by atoms with Gasteiger partial charge in [-0.3, -0.25) is 0 Å². The van der Waals surface area contributed by atoms with Gasteiger partial charge in [0.1, 0.15) is 0 Å². The Hall–Kier alpha value is -1.42. The van der Waals surface area contributed by atoms with Crippen LogP contribution in [0.1, 0.15) is 32.8 Å². The molecule has 0 spiro atoms. The molecule has 1 atom stereocenters. The van der Waals surface area contributed by atoms with Crippen LogP contribution in [0.25, 0.3) is 0 Å². The van der Waals surface area contributed by atoms with Crippen LogP contribution in [0.2, 0.25) is 0 Å². The molecule has 0 aliphatic carbocycles. The van der Waals surface area contributed by atoms with Gasteiger partial charge in [-0.2, -0.15) is 5.26 Å². The van der Waals surface area contributed by atoms with Gasteiger partial charge < -0.3 is 5.11 Å². The van der Waals surface area contributed by atoms with Crippen molar-refractivity contribution in [1.29, 1.82) is 5.26 Å². The van der Waals surface area contributed by atoms with Crippen molar-refractivity contribution in [3.63, 3.8) is 0 Å². The third kappa shape index (κ3) is 4.93. The standard InChI is InChI=1S/C14H20N2O3S/c1-11(2)8-14(3,17)10-16-20(18,19)13-6-4-12(9-15)5-7-13/h4-7,11,16-17H,8,10H2,1-3H3. The lowest BCUT2D eigenvalue weighted by atomic mass is 9.95. The van der Waals surface area contributed by atoms with Crippen molar-refractivity contribution in [3.05, 3.63) is 29.8 Å². The van der Waals surface area contributed by atoms with Gasteiger partial charge in [-0.25, -0.2) is 13.1 Å². The third-order valence-corrected chi connectivity index (χ3v) is 4.20. The molecule has 1 aromatic rings. The van der Waals surface area contributed by atoms with Gasteiger partial charge in [-0.05, 0) is 43.5 Å². The topological polar surface area (TPSA) is 90.2 Å². The van der Waals surface area contributed by atoms with Crippen LogP contribution in [-0.2, 0) is 10.0 Å². The Kier molecular flexibility index (Phi) is 5.28. The molecule has 0 bridgehead atoms. The molecule has 1 aromatic carbocycles. The minimum atomic E-state index is -3.67. The van der Waals surface area contributed by atoms with Crippen LogP contribution >= 0.6 is 0 Å². The number of nitrogens with zero attached hydrogens (tertiary/aromatic N) is 1. The first-order valence-electron chi connectivity index (χ1n) is 6.38. The van der Waals surface area contributed by atoms with E-state index < -0.39 is 15.6 Å². The number of hydrogen-bond acceptors (Lipinski definition) is 4. The molecular formula is C14H20N2O3S. The maximum absolute atomic E-state index is 12.1. The summed E-state index contributed by atoms with van der Waals surface area (Å²) >= 11 is 0. The second-order valence-corrected chi connectivity index (χ2v) is 7.32. The van der Waals surface area contributed by atoms with E-state index in [0.717, 1.165) is 0 Å². The lowest BCUT2D eigenvalue weighted by Crippen LogP contribution is -2.41. The molecule has 2 N–H and O–H groups in total. The van der Waals surface area contributed by atoms with E-state index in [-0.39, 0.29) is 17.4 Å². The highest BCUT2D eigenvalue weighted by Gasteiger charge is 2.25. The monoisotopic (exact) mass is 296 g/mol. The molecule has 0 aliphatic rings. The molecule has 0 heterocycles. The van der Waals surface area contributed by atoms with E-state index in [4.69, 9.17) is 5.26 Å². The highest BCUT2D eigenvalue weighted by Crippen LogP contribution is 2.17. The zero-order valence-corrected chi connectivity index (χ0v) is 12.7. The van der Waals surface area contributed by atoms with Crippen LogP contribution in [0.3, 0.4) is 0 Å². The lowest BCUT2D eigenvalue weighted by molar-refractivity contribution is 0.0437. The van der Waals surface area contributed by atoms with E-state index in [1.165, 1.54) is 24.3 Å². The van der Waals surface area contributed by atoms with Gasteiger partial charge in [-0.1, -0.05) is 13.8 Å². The molecule has 5 nitrogen and oxygen atoms in total. The zero-order valence-electron chi connectivity index (χ0n) is 11.9. The SMILES string of the molecule is CC(C)CC(C)(O)CNS(=O)(=O)c1ccc(C#N)cc1. The Morgan fingerprint density at radius 1 is 1.35 bits per heavy atom. The summed E-state index contributed by atoms with van der Waals surface area (Å²) in [6.45, 7) is 5.48. The maximum atomic E-state index is 12.1. The van der Waals surface area contributed by atoms with Crippen molar-refractivity contribution >= 4 is 10.0 Å². The van der Waals surface area contributed by atoms with Crippen molar-refractivity contribution in [2.24, 2.45) is 5.92 Å². The van der Waals surface area contributed by atoms with Crippen LogP contribution in [0.5, 0.6) is 0 Å². The van der Waals surface area contributed by atoms with Gasteiger partial charge >= 0.3 is 0 Å². The molecule has 6 heteroatoms. The fourth-order valence-corrected chi connectivity index (χ4v) is 3.16. The van der Waals surface area contributed by atoms with Crippen LogP contribution < -0.4 is 4.72 Å². The van der Waals surface area contributed by atoms with Crippen LogP contribution in [0.4, 0.5) is 0 Å². The van der Waals surface area contributed by atoms with Gasteiger partial charge in [0, 0.05) is 6.54 Å².